The van der Waals surface area contributed by atoms with Gasteiger partial charge in [0.2, 0.25) is 0 Å². The smallest absolute Gasteiger partial charge is 0.337 e. The van der Waals surface area contributed by atoms with E-state index in [0.29, 0.717) is 21.1 Å². The van der Waals surface area contributed by atoms with E-state index in [0.717, 1.165) is 0 Å². The van der Waals surface area contributed by atoms with Crippen LogP contribution >= 0.6 is 15.9 Å². The van der Waals surface area contributed by atoms with Gasteiger partial charge in [-0.2, -0.15) is 0 Å². The van der Waals surface area contributed by atoms with Crippen LogP contribution in [0.4, 0.5) is 10.1 Å². The molecule has 7 heteroatoms. The number of nitrogens with zero attached hydrogens (tertiary/aromatic N) is 1. The Labute approximate surface area is 150 Å². The Balaban J connectivity index is 2.07. The maximum Gasteiger partial charge on any atom is 0.337 e. The van der Waals surface area contributed by atoms with Crippen molar-refractivity contribution in [3.63, 3.8) is 0 Å². The number of carbonyl (C=O) groups is 2. The largest absolute Gasteiger partial charge is 0.478 e. The summed E-state index contributed by atoms with van der Waals surface area (Å²) in [5.41, 5.74) is 1.41. The summed E-state index contributed by atoms with van der Waals surface area (Å²) in [7, 11) is 0. The summed E-state index contributed by atoms with van der Waals surface area (Å²) in [5.74, 6) is -2.19. The number of halogens is 2. The quantitative estimate of drug-likeness (QED) is 0.680. The van der Waals surface area contributed by atoms with Crippen LogP contribution in [0.2, 0.25) is 0 Å². The van der Waals surface area contributed by atoms with Crippen LogP contribution in [0, 0.1) is 12.7 Å². The molecule has 25 heavy (non-hydrogen) atoms. The van der Waals surface area contributed by atoms with Crippen LogP contribution in [0.5, 0.6) is 0 Å². The summed E-state index contributed by atoms with van der Waals surface area (Å²) in [4.78, 5) is 28.3. The number of rotatable bonds is 3. The van der Waals surface area contributed by atoms with E-state index in [-0.39, 0.29) is 16.8 Å². The molecule has 0 spiro atoms. The van der Waals surface area contributed by atoms with Gasteiger partial charge < -0.3 is 10.4 Å². The minimum atomic E-state index is -1.17. The number of aromatic nitrogens is 1. The third-order valence-electron chi connectivity index (χ3n) is 3.60. The number of benzene rings is 2. The average Bonchev–Trinajstić information content (AvgIpc) is 2.55. The van der Waals surface area contributed by atoms with Gasteiger partial charge in [0.05, 0.1) is 22.3 Å². The van der Waals surface area contributed by atoms with Gasteiger partial charge in [0.25, 0.3) is 5.91 Å². The zero-order valence-electron chi connectivity index (χ0n) is 13.0. The Kier molecular flexibility index (Phi) is 4.50. The summed E-state index contributed by atoms with van der Waals surface area (Å²) in [6.45, 7) is 1.72. The average molecular weight is 403 g/mol. The number of amides is 1. The minimum Gasteiger partial charge on any atom is -0.478 e. The van der Waals surface area contributed by atoms with Crippen LogP contribution in [0.3, 0.4) is 0 Å². The number of hydrogen-bond acceptors (Lipinski definition) is 3. The van der Waals surface area contributed by atoms with Crippen LogP contribution in [0.15, 0.2) is 46.9 Å². The summed E-state index contributed by atoms with van der Waals surface area (Å²) >= 11 is 3.20. The number of pyridine rings is 1. The fourth-order valence-electron chi connectivity index (χ4n) is 2.51. The lowest BCUT2D eigenvalue weighted by Gasteiger charge is -2.11. The number of aromatic carboxylic acids is 1. The van der Waals surface area contributed by atoms with Gasteiger partial charge in [0, 0.05) is 15.6 Å². The highest BCUT2D eigenvalue weighted by atomic mass is 79.9. The fraction of sp³-hybridized carbons (Fsp3) is 0.0556. The van der Waals surface area contributed by atoms with Crippen molar-refractivity contribution >= 4 is 44.4 Å². The van der Waals surface area contributed by atoms with E-state index in [1.165, 1.54) is 36.4 Å². The highest BCUT2D eigenvalue weighted by Crippen LogP contribution is 2.24. The van der Waals surface area contributed by atoms with Crippen molar-refractivity contribution in [2.45, 2.75) is 6.92 Å². The number of carbonyl (C=O) groups excluding carboxylic acids is 1. The molecule has 5 nitrogen and oxygen atoms in total. The topological polar surface area (TPSA) is 79.3 Å². The first-order chi connectivity index (χ1) is 11.8. The highest BCUT2D eigenvalue weighted by Gasteiger charge is 2.17. The van der Waals surface area contributed by atoms with Crippen LogP contribution in [0.1, 0.15) is 26.4 Å². The number of fused-ring (bicyclic) bond motifs is 1. The number of carboxylic acid groups (broad SMARTS) is 1. The third-order valence-corrected chi connectivity index (χ3v) is 4.10. The summed E-state index contributed by atoms with van der Waals surface area (Å²) in [6.07, 6.45) is 0. The maximum atomic E-state index is 13.6. The Morgan fingerprint density at radius 2 is 1.88 bits per heavy atom. The Bertz CT molecular complexity index is 1020. The van der Waals surface area contributed by atoms with Gasteiger partial charge in [-0.1, -0.05) is 15.9 Å². The molecule has 3 aromatic rings. The molecule has 2 N–H and O–H groups in total. The van der Waals surface area contributed by atoms with Crippen molar-refractivity contribution in [2.75, 3.05) is 5.32 Å². The molecular weight excluding hydrogens is 391 g/mol. The number of nitrogens with one attached hydrogen (secondary N) is 1. The first kappa shape index (κ1) is 17.0. The van der Waals surface area contributed by atoms with E-state index in [9.17, 15) is 19.1 Å². The summed E-state index contributed by atoms with van der Waals surface area (Å²) in [6, 6.07) is 10.0. The Morgan fingerprint density at radius 3 is 2.60 bits per heavy atom. The zero-order chi connectivity index (χ0) is 18.1. The predicted molar refractivity (Wildman–Crippen MR) is 95.5 cm³/mol. The van der Waals surface area contributed by atoms with Gasteiger partial charge in [-0.3, -0.25) is 9.78 Å². The van der Waals surface area contributed by atoms with Gasteiger partial charge in [0.1, 0.15) is 5.82 Å². The van der Waals surface area contributed by atoms with E-state index >= 15 is 0 Å². The van der Waals surface area contributed by atoms with E-state index in [4.69, 9.17) is 0 Å². The molecule has 0 radical (unpaired) electrons. The standard InChI is InChI=1S/C18H12BrFN2O3/c1-9-6-13(12-8-11(20)3-5-15(12)21-9)17(23)22-16-4-2-10(19)7-14(16)18(24)25/h2-8H,1H3,(H,22,23)(H,24,25). The van der Waals surface area contributed by atoms with Crippen molar-refractivity contribution < 1.29 is 19.1 Å². The van der Waals surface area contributed by atoms with Crippen LogP contribution in [-0.2, 0) is 0 Å². The molecular formula is C18H12BrFN2O3. The van der Waals surface area contributed by atoms with E-state index < -0.39 is 17.7 Å². The van der Waals surface area contributed by atoms with Crippen molar-refractivity contribution in [1.82, 2.24) is 4.98 Å². The van der Waals surface area contributed by atoms with Gasteiger partial charge in [-0.05, 0) is 49.4 Å². The van der Waals surface area contributed by atoms with Crippen molar-refractivity contribution in [3.8, 4) is 0 Å². The van der Waals surface area contributed by atoms with Crippen molar-refractivity contribution in [1.29, 1.82) is 0 Å². The molecule has 1 heterocycles. The monoisotopic (exact) mass is 402 g/mol. The normalized spacial score (nSPS) is 10.7. The third kappa shape index (κ3) is 3.51. The first-order valence-corrected chi connectivity index (χ1v) is 8.05. The second kappa shape index (κ2) is 6.60. The molecule has 1 amide bonds. The van der Waals surface area contributed by atoms with Gasteiger partial charge in [-0.25, -0.2) is 9.18 Å². The molecule has 0 fully saturated rings. The first-order valence-electron chi connectivity index (χ1n) is 7.26. The minimum absolute atomic E-state index is 0.0519. The summed E-state index contributed by atoms with van der Waals surface area (Å²) in [5, 5.41) is 12.2. The molecule has 0 atom stereocenters. The lowest BCUT2D eigenvalue weighted by atomic mass is 10.1. The van der Waals surface area contributed by atoms with Gasteiger partial charge >= 0.3 is 5.97 Å². The van der Waals surface area contributed by atoms with E-state index in [2.05, 4.69) is 26.2 Å². The number of aryl methyl sites for hydroxylation is 1. The molecule has 0 aliphatic heterocycles. The number of anilines is 1. The van der Waals surface area contributed by atoms with E-state index in [1.807, 2.05) is 0 Å². The zero-order valence-corrected chi connectivity index (χ0v) is 14.6. The van der Waals surface area contributed by atoms with Crippen molar-refractivity contribution in [2.24, 2.45) is 0 Å². The maximum absolute atomic E-state index is 13.6. The number of hydrogen-bond donors (Lipinski definition) is 2. The molecule has 0 saturated carbocycles. The lowest BCUT2D eigenvalue weighted by molar-refractivity contribution is 0.0698. The van der Waals surface area contributed by atoms with Crippen LogP contribution < -0.4 is 5.32 Å². The van der Waals surface area contributed by atoms with E-state index in [1.54, 1.807) is 13.0 Å². The Morgan fingerprint density at radius 1 is 1.12 bits per heavy atom. The molecule has 3 rings (SSSR count). The lowest BCUT2D eigenvalue weighted by Crippen LogP contribution is -2.16. The SMILES string of the molecule is Cc1cc(C(=O)Nc2ccc(Br)cc2C(=O)O)c2cc(F)ccc2n1. The van der Waals surface area contributed by atoms with Crippen LogP contribution in [0.25, 0.3) is 10.9 Å². The van der Waals surface area contributed by atoms with Gasteiger partial charge in [-0.15, -0.1) is 0 Å². The fourth-order valence-corrected chi connectivity index (χ4v) is 2.87. The van der Waals surface area contributed by atoms with Crippen molar-refractivity contribution in [3.05, 3.63) is 69.6 Å². The number of carboxylic acids is 1. The summed E-state index contributed by atoms with van der Waals surface area (Å²) < 4.78 is 14.2. The molecule has 0 saturated heterocycles. The molecule has 2 aromatic carbocycles. The second-order valence-corrected chi connectivity index (χ2v) is 6.34. The molecule has 0 aliphatic carbocycles. The highest BCUT2D eigenvalue weighted by molar-refractivity contribution is 9.10. The Hall–Kier alpha value is -2.80. The second-order valence-electron chi connectivity index (χ2n) is 5.42. The van der Waals surface area contributed by atoms with Gasteiger partial charge in [0.15, 0.2) is 0 Å². The van der Waals surface area contributed by atoms with Crippen LogP contribution in [-0.4, -0.2) is 22.0 Å². The molecule has 0 aliphatic rings. The predicted octanol–water partition coefficient (Wildman–Crippen LogP) is 4.40. The molecule has 126 valence electrons. The molecule has 1 aromatic heterocycles. The molecule has 0 bridgehead atoms. The molecule has 0 unspecified atom stereocenters.